The van der Waals surface area contributed by atoms with Crippen LogP contribution in [-0.4, -0.2) is 74.3 Å². The number of esters is 1. The smallest absolute Gasteiger partial charge is 0.409 e. The van der Waals surface area contributed by atoms with Crippen molar-refractivity contribution in [3.63, 3.8) is 0 Å². The van der Waals surface area contributed by atoms with Gasteiger partial charge in [-0.2, -0.15) is 0 Å². The van der Waals surface area contributed by atoms with Gasteiger partial charge in [-0.1, -0.05) is 0 Å². The maximum atomic E-state index is 12.6. The molecule has 9 heteroatoms. The van der Waals surface area contributed by atoms with Gasteiger partial charge in [0, 0.05) is 31.1 Å². The zero-order chi connectivity index (χ0) is 22.7. The molecule has 2 heterocycles. The Morgan fingerprint density at radius 3 is 2.41 bits per heavy atom. The predicted molar refractivity (Wildman–Crippen MR) is 119 cm³/mol. The summed E-state index contributed by atoms with van der Waals surface area (Å²) in [6.07, 6.45) is 1.37. The molecule has 0 unspecified atom stereocenters. The fourth-order valence-corrected chi connectivity index (χ4v) is 5.15. The van der Waals surface area contributed by atoms with Gasteiger partial charge in [0.15, 0.2) is 6.61 Å². The van der Waals surface area contributed by atoms with Crippen LogP contribution < -0.4 is 4.74 Å². The Hall–Kier alpha value is -3.07. The molecule has 1 aromatic heterocycles. The van der Waals surface area contributed by atoms with E-state index >= 15 is 0 Å². The Morgan fingerprint density at radius 1 is 0.969 bits per heavy atom. The number of hydrogen-bond donors (Lipinski definition) is 0. The first-order valence-electron chi connectivity index (χ1n) is 10.7. The quantitative estimate of drug-likeness (QED) is 0.641. The van der Waals surface area contributed by atoms with Gasteiger partial charge >= 0.3 is 12.1 Å². The third-order valence-electron chi connectivity index (χ3n) is 5.72. The monoisotopic (exact) mass is 458 g/mol. The zero-order valence-corrected chi connectivity index (χ0v) is 19.0. The lowest BCUT2D eigenvalue weighted by molar-refractivity contribution is -0.136. The summed E-state index contributed by atoms with van der Waals surface area (Å²) in [5, 5.41) is 0. The molecule has 1 fully saturated rings. The first-order valence-corrected chi connectivity index (χ1v) is 11.5. The van der Waals surface area contributed by atoms with Crippen molar-refractivity contribution in [3.05, 3.63) is 40.3 Å². The summed E-state index contributed by atoms with van der Waals surface area (Å²) < 4.78 is 15.6. The maximum Gasteiger partial charge on any atom is 0.409 e. The molecule has 0 N–H and O–H groups in total. The second-order valence-electron chi connectivity index (χ2n) is 7.63. The Balaban J connectivity index is 1.33. The lowest BCUT2D eigenvalue weighted by atomic mass is 9.91. The molecule has 2 amide bonds. The molecule has 0 radical (unpaired) electrons. The molecule has 1 aromatic carbocycles. The van der Waals surface area contributed by atoms with E-state index in [2.05, 4.69) is 0 Å². The van der Waals surface area contributed by atoms with Gasteiger partial charge in [-0.3, -0.25) is 4.79 Å². The number of fused-ring (bicyclic) bond motifs is 3. The molecule has 0 spiro atoms. The third kappa shape index (κ3) is 4.57. The molecule has 0 saturated carbocycles. The first-order chi connectivity index (χ1) is 15.5. The minimum Gasteiger partial charge on any atom is -0.497 e. The van der Waals surface area contributed by atoms with E-state index in [0.717, 1.165) is 34.6 Å². The summed E-state index contributed by atoms with van der Waals surface area (Å²) in [6.45, 7) is 3.35. The molecular weight excluding hydrogens is 432 g/mol. The van der Waals surface area contributed by atoms with E-state index < -0.39 is 5.97 Å². The van der Waals surface area contributed by atoms with Crippen molar-refractivity contribution in [3.8, 4) is 16.2 Å². The molecule has 1 aliphatic heterocycles. The average molecular weight is 459 g/mol. The van der Waals surface area contributed by atoms with Crippen LogP contribution in [0.25, 0.3) is 10.4 Å². The Morgan fingerprint density at radius 2 is 1.69 bits per heavy atom. The van der Waals surface area contributed by atoms with Gasteiger partial charge in [0.1, 0.15) is 10.6 Å². The highest BCUT2D eigenvalue weighted by atomic mass is 32.1. The lowest BCUT2D eigenvalue weighted by Gasteiger charge is -2.33. The Kier molecular flexibility index (Phi) is 6.64. The molecule has 2 aliphatic rings. The van der Waals surface area contributed by atoms with Crippen LogP contribution in [0.2, 0.25) is 0 Å². The van der Waals surface area contributed by atoms with Gasteiger partial charge < -0.3 is 24.0 Å². The van der Waals surface area contributed by atoms with Crippen molar-refractivity contribution in [2.45, 2.75) is 19.8 Å². The number of thiophene rings is 1. The van der Waals surface area contributed by atoms with Gasteiger partial charge in [-0.15, -0.1) is 11.3 Å². The van der Waals surface area contributed by atoms with Crippen molar-refractivity contribution < 1.29 is 28.6 Å². The van der Waals surface area contributed by atoms with Gasteiger partial charge in [-0.25, -0.2) is 9.59 Å². The molecule has 32 heavy (non-hydrogen) atoms. The van der Waals surface area contributed by atoms with E-state index in [0.29, 0.717) is 37.7 Å². The number of hydrogen-bond acceptors (Lipinski definition) is 7. The van der Waals surface area contributed by atoms with Crippen LogP contribution in [0, 0.1) is 0 Å². The highest BCUT2D eigenvalue weighted by Gasteiger charge is 2.27. The average Bonchev–Trinajstić information content (AvgIpc) is 3.27. The standard InChI is InChI=1S/C23H26N2O6S/c1-3-30-23(28)25-10-8-24(9-11-25)20(26)14-31-22(27)19-13-16-5-4-15-12-17(29-2)6-7-18(15)21(16)32-19/h6-7,12-13H,3-5,8-11,14H2,1-2H3. The van der Waals surface area contributed by atoms with E-state index in [1.165, 1.54) is 16.9 Å². The number of benzene rings is 1. The summed E-state index contributed by atoms with van der Waals surface area (Å²) in [6, 6.07) is 7.86. The number of nitrogens with zero attached hydrogens (tertiary/aromatic N) is 2. The van der Waals surface area contributed by atoms with Crippen LogP contribution in [0.1, 0.15) is 27.7 Å². The van der Waals surface area contributed by atoms with Crippen molar-refractivity contribution in [1.29, 1.82) is 0 Å². The molecule has 0 atom stereocenters. The van der Waals surface area contributed by atoms with Crippen molar-refractivity contribution in [2.75, 3.05) is 46.5 Å². The van der Waals surface area contributed by atoms with E-state index in [-0.39, 0.29) is 18.6 Å². The van der Waals surface area contributed by atoms with E-state index in [4.69, 9.17) is 14.2 Å². The molecule has 170 valence electrons. The molecule has 8 nitrogen and oxygen atoms in total. The molecular formula is C23H26N2O6S. The molecule has 1 aliphatic carbocycles. The van der Waals surface area contributed by atoms with Crippen LogP contribution in [0.15, 0.2) is 24.3 Å². The number of carbonyl (C=O) groups excluding carboxylic acids is 3. The number of amides is 2. The van der Waals surface area contributed by atoms with Crippen LogP contribution in [0.4, 0.5) is 4.79 Å². The number of piperazine rings is 1. The number of ether oxygens (including phenoxy) is 3. The summed E-state index contributed by atoms with van der Waals surface area (Å²) in [4.78, 5) is 41.6. The summed E-state index contributed by atoms with van der Waals surface area (Å²) >= 11 is 1.40. The van der Waals surface area contributed by atoms with Crippen molar-refractivity contribution in [2.24, 2.45) is 0 Å². The fraction of sp³-hybridized carbons (Fsp3) is 0.435. The van der Waals surface area contributed by atoms with Crippen LogP contribution in [0.5, 0.6) is 5.75 Å². The van der Waals surface area contributed by atoms with Gasteiger partial charge in [0.05, 0.1) is 13.7 Å². The summed E-state index contributed by atoms with van der Waals surface area (Å²) in [5.74, 6) is 0.0728. The second-order valence-corrected chi connectivity index (χ2v) is 8.68. The van der Waals surface area contributed by atoms with Gasteiger partial charge in [-0.05, 0) is 60.7 Å². The fourth-order valence-electron chi connectivity index (χ4n) is 3.98. The largest absolute Gasteiger partial charge is 0.497 e. The van der Waals surface area contributed by atoms with Crippen LogP contribution in [0.3, 0.4) is 0 Å². The minimum atomic E-state index is -0.488. The van der Waals surface area contributed by atoms with E-state index in [1.807, 2.05) is 24.3 Å². The highest BCUT2D eigenvalue weighted by Crippen LogP contribution is 2.41. The second kappa shape index (κ2) is 9.60. The summed E-state index contributed by atoms with van der Waals surface area (Å²) in [7, 11) is 1.65. The first kappa shape index (κ1) is 22.1. The minimum absolute atomic E-state index is 0.263. The predicted octanol–water partition coefficient (Wildman–Crippen LogP) is 2.98. The number of carbonyl (C=O) groups is 3. The van der Waals surface area contributed by atoms with Crippen LogP contribution >= 0.6 is 11.3 Å². The molecule has 4 rings (SSSR count). The molecule has 1 saturated heterocycles. The van der Waals surface area contributed by atoms with Crippen LogP contribution in [-0.2, 0) is 27.1 Å². The van der Waals surface area contributed by atoms with Crippen molar-refractivity contribution in [1.82, 2.24) is 9.80 Å². The highest BCUT2D eigenvalue weighted by molar-refractivity contribution is 7.17. The third-order valence-corrected chi connectivity index (χ3v) is 6.91. The van der Waals surface area contributed by atoms with Gasteiger partial charge in [0.2, 0.25) is 0 Å². The van der Waals surface area contributed by atoms with Crippen molar-refractivity contribution >= 4 is 29.3 Å². The van der Waals surface area contributed by atoms with E-state index in [9.17, 15) is 14.4 Å². The maximum absolute atomic E-state index is 12.6. The molecule has 2 aromatic rings. The van der Waals surface area contributed by atoms with Gasteiger partial charge in [0.25, 0.3) is 5.91 Å². The summed E-state index contributed by atoms with van der Waals surface area (Å²) in [5.41, 5.74) is 3.45. The Bertz CT molecular complexity index is 1030. The number of aryl methyl sites for hydroxylation is 2. The van der Waals surface area contributed by atoms with E-state index in [1.54, 1.807) is 23.8 Å². The molecule has 0 bridgehead atoms. The zero-order valence-electron chi connectivity index (χ0n) is 18.2. The number of methoxy groups -OCH3 is 1. The number of rotatable bonds is 5. The lowest BCUT2D eigenvalue weighted by Crippen LogP contribution is -2.51. The Labute approximate surface area is 190 Å². The topological polar surface area (TPSA) is 85.4 Å². The normalized spacial score (nSPS) is 14.9. The SMILES string of the molecule is CCOC(=O)N1CCN(C(=O)COC(=O)c2cc3c(s2)-c2ccc(OC)cc2CC3)CC1.